The summed E-state index contributed by atoms with van der Waals surface area (Å²) in [6, 6.07) is 0. The van der Waals surface area contributed by atoms with Crippen LogP contribution in [0.25, 0.3) is 0 Å². The molecule has 0 aromatic carbocycles. The third kappa shape index (κ3) is 3.96. The molecule has 4 nitrogen and oxygen atoms in total. The number of rotatable bonds is 3. The molecule has 0 bridgehead atoms. The molecule has 1 aliphatic rings. The number of amides is 1. The van der Waals surface area contributed by atoms with Crippen LogP contribution in [0.3, 0.4) is 0 Å². The van der Waals surface area contributed by atoms with Crippen LogP contribution in [0, 0.1) is 5.41 Å². The Morgan fingerprint density at radius 1 is 1.41 bits per heavy atom. The maximum Gasteiger partial charge on any atom is 0.255 e. The molecular formula is C13H26N2O2. The highest BCUT2D eigenvalue weighted by Gasteiger charge is 2.43. The van der Waals surface area contributed by atoms with Gasteiger partial charge in [0.25, 0.3) is 5.91 Å². The molecule has 1 amide bonds. The van der Waals surface area contributed by atoms with Crippen LogP contribution in [0.1, 0.15) is 33.6 Å². The standard InChI is InChI=1S/C13H26N2O2/c1-12(2,3)9-15-8-6-7-13(17,11(15)16)10-14(4)5/h17H,6-10H2,1-5H3/t13-/m1/s1. The van der Waals surface area contributed by atoms with Crippen molar-refractivity contribution in [3.63, 3.8) is 0 Å². The van der Waals surface area contributed by atoms with Crippen molar-refractivity contribution in [1.82, 2.24) is 9.80 Å². The zero-order chi connectivity index (χ0) is 13.3. The van der Waals surface area contributed by atoms with Crippen LogP contribution < -0.4 is 0 Å². The Balaban J connectivity index is 2.74. The fourth-order valence-electron chi connectivity index (χ4n) is 2.46. The maximum absolute atomic E-state index is 12.3. The summed E-state index contributed by atoms with van der Waals surface area (Å²) < 4.78 is 0. The van der Waals surface area contributed by atoms with Crippen LogP contribution in [-0.4, -0.2) is 60.1 Å². The van der Waals surface area contributed by atoms with Gasteiger partial charge in [0, 0.05) is 19.6 Å². The Hall–Kier alpha value is -0.610. The second-order valence-corrected chi connectivity index (χ2v) is 6.66. The molecule has 1 fully saturated rings. The van der Waals surface area contributed by atoms with Gasteiger partial charge in [-0.2, -0.15) is 0 Å². The fraction of sp³-hybridized carbons (Fsp3) is 0.923. The average molecular weight is 242 g/mol. The first-order valence-corrected chi connectivity index (χ1v) is 6.31. The van der Waals surface area contributed by atoms with E-state index in [9.17, 15) is 9.90 Å². The van der Waals surface area contributed by atoms with Crippen molar-refractivity contribution in [3.8, 4) is 0 Å². The topological polar surface area (TPSA) is 43.8 Å². The van der Waals surface area contributed by atoms with Crippen LogP contribution in [0.2, 0.25) is 0 Å². The Kier molecular flexibility index (Phi) is 4.20. The highest BCUT2D eigenvalue weighted by atomic mass is 16.3. The molecule has 0 saturated carbocycles. The molecule has 1 N–H and O–H groups in total. The van der Waals surface area contributed by atoms with Gasteiger partial charge in [0.2, 0.25) is 0 Å². The SMILES string of the molecule is CN(C)C[C@]1(O)CCCN(CC(C)(C)C)C1=O. The van der Waals surface area contributed by atoms with Crippen molar-refractivity contribution in [3.05, 3.63) is 0 Å². The monoisotopic (exact) mass is 242 g/mol. The second kappa shape index (κ2) is 4.94. The van der Waals surface area contributed by atoms with Crippen molar-refractivity contribution >= 4 is 5.91 Å². The summed E-state index contributed by atoms with van der Waals surface area (Å²) in [5, 5.41) is 10.4. The third-order valence-electron chi connectivity index (χ3n) is 2.95. The van der Waals surface area contributed by atoms with Crippen molar-refractivity contribution in [2.24, 2.45) is 5.41 Å². The maximum atomic E-state index is 12.3. The van der Waals surface area contributed by atoms with Gasteiger partial charge in [-0.15, -0.1) is 0 Å². The molecule has 1 rings (SSSR count). The number of carbonyl (C=O) groups excluding carboxylic acids is 1. The van der Waals surface area contributed by atoms with Crippen LogP contribution in [0.15, 0.2) is 0 Å². The molecule has 0 aliphatic carbocycles. The first-order chi connectivity index (χ1) is 7.64. The van der Waals surface area contributed by atoms with E-state index in [-0.39, 0.29) is 11.3 Å². The van der Waals surface area contributed by atoms with Gasteiger partial charge in [0.15, 0.2) is 5.60 Å². The molecule has 0 aromatic heterocycles. The molecule has 1 atom stereocenters. The smallest absolute Gasteiger partial charge is 0.255 e. The normalized spacial score (nSPS) is 26.8. The summed E-state index contributed by atoms with van der Waals surface area (Å²) in [5.41, 5.74) is -1.11. The van der Waals surface area contributed by atoms with E-state index in [0.29, 0.717) is 19.5 Å². The largest absolute Gasteiger partial charge is 0.379 e. The number of likely N-dealkylation sites (N-methyl/N-ethyl adjacent to an activating group) is 1. The zero-order valence-corrected chi connectivity index (χ0v) is 11.8. The Morgan fingerprint density at radius 3 is 2.47 bits per heavy atom. The Bertz CT molecular complexity index is 284. The van der Waals surface area contributed by atoms with Gasteiger partial charge in [-0.1, -0.05) is 20.8 Å². The lowest BCUT2D eigenvalue weighted by Gasteiger charge is -2.41. The van der Waals surface area contributed by atoms with Crippen LogP contribution in [0.5, 0.6) is 0 Å². The van der Waals surface area contributed by atoms with Crippen molar-refractivity contribution in [2.75, 3.05) is 33.7 Å². The predicted octanol–water partition coefficient (Wildman–Crippen LogP) is 0.948. The lowest BCUT2D eigenvalue weighted by molar-refractivity contribution is -0.160. The van der Waals surface area contributed by atoms with E-state index in [1.807, 2.05) is 23.9 Å². The van der Waals surface area contributed by atoms with E-state index < -0.39 is 5.60 Å². The van der Waals surface area contributed by atoms with E-state index in [2.05, 4.69) is 20.8 Å². The third-order valence-corrected chi connectivity index (χ3v) is 2.95. The van der Waals surface area contributed by atoms with Gasteiger partial charge in [0.1, 0.15) is 0 Å². The Labute approximate surface area is 105 Å². The Morgan fingerprint density at radius 2 is 2.00 bits per heavy atom. The first kappa shape index (κ1) is 14.5. The van der Waals surface area contributed by atoms with Gasteiger partial charge in [-0.3, -0.25) is 4.79 Å². The minimum Gasteiger partial charge on any atom is -0.379 e. The van der Waals surface area contributed by atoms with Crippen LogP contribution >= 0.6 is 0 Å². The molecule has 1 saturated heterocycles. The molecule has 4 heteroatoms. The molecule has 0 spiro atoms. The number of hydrogen-bond donors (Lipinski definition) is 1. The van der Waals surface area contributed by atoms with Crippen molar-refractivity contribution in [1.29, 1.82) is 0 Å². The van der Waals surface area contributed by atoms with Crippen LogP contribution in [-0.2, 0) is 4.79 Å². The average Bonchev–Trinajstić information content (AvgIpc) is 2.09. The summed E-state index contributed by atoms with van der Waals surface area (Å²) in [5.74, 6) is -0.104. The molecule has 0 unspecified atom stereocenters. The van der Waals surface area contributed by atoms with Gasteiger partial charge < -0.3 is 14.9 Å². The van der Waals surface area contributed by atoms with E-state index in [1.54, 1.807) is 0 Å². The number of nitrogens with zero attached hydrogens (tertiary/aromatic N) is 2. The summed E-state index contributed by atoms with van der Waals surface area (Å²) in [6.45, 7) is 8.22. The zero-order valence-electron chi connectivity index (χ0n) is 11.8. The van der Waals surface area contributed by atoms with E-state index in [4.69, 9.17) is 0 Å². The number of piperidine rings is 1. The quantitative estimate of drug-likeness (QED) is 0.801. The molecule has 1 heterocycles. The molecule has 100 valence electrons. The number of carbonyl (C=O) groups is 1. The highest BCUT2D eigenvalue weighted by Crippen LogP contribution is 2.26. The van der Waals surface area contributed by atoms with Gasteiger partial charge in [0.05, 0.1) is 0 Å². The van der Waals surface area contributed by atoms with E-state index in [1.165, 1.54) is 0 Å². The van der Waals surface area contributed by atoms with Crippen LogP contribution in [0.4, 0.5) is 0 Å². The molecule has 0 radical (unpaired) electrons. The summed E-state index contributed by atoms with van der Waals surface area (Å²) in [6.07, 6.45) is 1.46. The minimum atomic E-state index is -1.19. The summed E-state index contributed by atoms with van der Waals surface area (Å²) in [7, 11) is 3.77. The van der Waals surface area contributed by atoms with Gasteiger partial charge >= 0.3 is 0 Å². The predicted molar refractivity (Wildman–Crippen MR) is 68.8 cm³/mol. The molecular weight excluding hydrogens is 216 g/mol. The van der Waals surface area contributed by atoms with E-state index in [0.717, 1.165) is 13.0 Å². The lowest BCUT2D eigenvalue weighted by atomic mass is 9.88. The number of likely N-dealkylation sites (tertiary alicyclic amines) is 1. The fourth-order valence-corrected chi connectivity index (χ4v) is 2.46. The number of aliphatic hydroxyl groups is 1. The second-order valence-electron chi connectivity index (χ2n) is 6.66. The minimum absolute atomic E-state index is 0.0754. The first-order valence-electron chi connectivity index (χ1n) is 6.31. The lowest BCUT2D eigenvalue weighted by Crippen LogP contribution is -2.58. The number of hydrogen-bond acceptors (Lipinski definition) is 3. The molecule has 17 heavy (non-hydrogen) atoms. The summed E-state index contributed by atoms with van der Waals surface area (Å²) in [4.78, 5) is 16.0. The molecule has 0 aromatic rings. The molecule has 1 aliphatic heterocycles. The highest BCUT2D eigenvalue weighted by molar-refractivity contribution is 5.86. The van der Waals surface area contributed by atoms with Gasteiger partial charge in [-0.25, -0.2) is 0 Å². The van der Waals surface area contributed by atoms with Crippen molar-refractivity contribution < 1.29 is 9.90 Å². The van der Waals surface area contributed by atoms with Crippen molar-refractivity contribution in [2.45, 2.75) is 39.2 Å². The van der Waals surface area contributed by atoms with E-state index >= 15 is 0 Å². The van der Waals surface area contributed by atoms with Gasteiger partial charge in [-0.05, 0) is 32.4 Å². The summed E-state index contributed by atoms with van der Waals surface area (Å²) >= 11 is 0.